The Balaban J connectivity index is 1.98. The zero-order valence-corrected chi connectivity index (χ0v) is 13.3. The number of aromatic amines is 1. The molecule has 2 amide bonds. The quantitative estimate of drug-likeness (QED) is 0.761. The second-order valence-electron chi connectivity index (χ2n) is 4.80. The standard InChI is InChI=1S/C15H8ClF3N2O2S/c16-11-4-3-9(7-10(11)15(17,18)19)21-13(22)12(24-14(21)23)6-8-2-1-5-20-8/h1-7,20H/b12-6+. The van der Waals surface area contributed by atoms with Gasteiger partial charge in [-0.15, -0.1) is 0 Å². The van der Waals surface area contributed by atoms with Gasteiger partial charge in [0, 0.05) is 11.9 Å². The first-order valence-corrected chi connectivity index (χ1v) is 7.75. The van der Waals surface area contributed by atoms with E-state index >= 15 is 0 Å². The summed E-state index contributed by atoms with van der Waals surface area (Å²) in [6.07, 6.45) is -1.58. The zero-order chi connectivity index (χ0) is 17.5. The van der Waals surface area contributed by atoms with Crippen LogP contribution in [0.4, 0.5) is 23.7 Å². The molecule has 0 spiro atoms. The molecule has 0 bridgehead atoms. The fourth-order valence-electron chi connectivity index (χ4n) is 2.14. The number of alkyl halides is 3. The number of rotatable bonds is 2. The number of aromatic nitrogens is 1. The van der Waals surface area contributed by atoms with Crippen LogP contribution >= 0.6 is 23.4 Å². The number of nitrogens with one attached hydrogen (secondary N) is 1. The van der Waals surface area contributed by atoms with Gasteiger partial charge in [-0.05, 0) is 48.2 Å². The van der Waals surface area contributed by atoms with E-state index in [9.17, 15) is 22.8 Å². The molecule has 0 atom stereocenters. The summed E-state index contributed by atoms with van der Waals surface area (Å²) in [6, 6.07) is 6.31. The van der Waals surface area contributed by atoms with E-state index in [0.29, 0.717) is 28.4 Å². The number of hydrogen-bond acceptors (Lipinski definition) is 3. The van der Waals surface area contributed by atoms with E-state index in [4.69, 9.17) is 11.6 Å². The Morgan fingerprint density at radius 3 is 2.58 bits per heavy atom. The Labute approximate surface area is 143 Å². The molecule has 1 aromatic carbocycles. The van der Waals surface area contributed by atoms with E-state index in [-0.39, 0.29) is 10.6 Å². The van der Waals surface area contributed by atoms with Crippen LogP contribution in [0, 0.1) is 0 Å². The van der Waals surface area contributed by atoms with E-state index in [2.05, 4.69) is 4.98 Å². The molecular weight excluding hydrogens is 365 g/mol. The first-order valence-electron chi connectivity index (χ1n) is 6.55. The van der Waals surface area contributed by atoms with E-state index in [0.717, 1.165) is 6.07 Å². The summed E-state index contributed by atoms with van der Waals surface area (Å²) in [5, 5.41) is -1.17. The summed E-state index contributed by atoms with van der Waals surface area (Å²) in [4.78, 5) is 28.1. The fourth-order valence-corrected chi connectivity index (χ4v) is 3.19. The predicted molar refractivity (Wildman–Crippen MR) is 85.7 cm³/mol. The van der Waals surface area contributed by atoms with Crippen LogP contribution in [0.15, 0.2) is 41.4 Å². The summed E-state index contributed by atoms with van der Waals surface area (Å²) in [7, 11) is 0. The monoisotopic (exact) mass is 372 g/mol. The Morgan fingerprint density at radius 2 is 1.96 bits per heavy atom. The molecule has 1 aliphatic heterocycles. The molecule has 3 rings (SSSR count). The third kappa shape index (κ3) is 3.07. The summed E-state index contributed by atoms with van der Waals surface area (Å²) < 4.78 is 38.8. The van der Waals surface area contributed by atoms with Crippen molar-refractivity contribution in [2.75, 3.05) is 4.90 Å². The van der Waals surface area contributed by atoms with E-state index in [1.165, 1.54) is 12.1 Å². The number of hydrogen-bond donors (Lipinski definition) is 1. The van der Waals surface area contributed by atoms with Crippen molar-refractivity contribution in [1.82, 2.24) is 4.98 Å². The Hall–Kier alpha value is -2.19. The van der Waals surface area contributed by atoms with Crippen LogP contribution in [-0.2, 0) is 11.0 Å². The molecular formula is C15H8ClF3N2O2S. The molecule has 0 saturated carbocycles. The average Bonchev–Trinajstić information content (AvgIpc) is 3.08. The van der Waals surface area contributed by atoms with Gasteiger partial charge in [0.05, 0.1) is 21.2 Å². The van der Waals surface area contributed by atoms with Gasteiger partial charge < -0.3 is 4.98 Å². The summed E-state index contributed by atoms with van der Waals surface area (Å²) in [6.45, 7) is 0. The lowest BCUT2D eigenvalue weighted by atomic mass is 10.1. The van der Waals surface area contributed by atoms with Gasteiger partial charge >= 0.3 is 6.18 Å². The highest BCUT2D eigenvalue weighted by Crippen LogP contribution is 2.40. The van der Waals surface area contributed by atoms with Gasteiger partial charge in [0.25, 0.3) is 11.1 Å². The Morgan fingerprint density at radius 1 is 1.21 bits per heavy atom. The molecule has 0 radical (unpaired) electrons. The third-order valence-electron chi connectivity index (χ3n) is 3.22. The highest BCUT2D eigenvalue weighted by molar-refractivity contribution is 8.19. The molecule has 9 heteroatoms. The highest BCUT2D eigenvalue weighted by Gasteiger charge is 2.39. The number of imide groups is 1. The van der Waals surface area contributed by atoms with Crippen molar-refractivity contribution in [3.05, 3.63) is 57.7 Å². The van der Waals surface area contributed by atoms with Crippen molar-refractivity contribution in [3.8, 4) is 0 Å². The molecule has 24 heavy (non-hydrogen) atoms. The average molecular weight is 373 g/mol. The SMILES string of the molecule is O=C1S/C(=C/c2ccc[nH]2)C(=O)N1c1ccc(Cl)c(C(F)(F)F)c1. The number of anilines is 1. The van der Waals surface area contributed by atoms with Crippen molar-refractivity contribution < 1.29 is 22.8 Å². The largest absolute Gasteiger partial charge is 0.417 e. The van der Waals surface area contributed by atoms with Crippen LogP contribution < -0.4 is 4.90 Å². The van der Waals surface area contributed by atoms with Gasteiger partial charge in [0.1, 0.15) is 0 Å². The maximum absolute atomic E-state index is 12.9. The van der Waals surface area contributed by atoms with Gasteiger partial charge in [-0.2, -0.15) is 13.2 Å². The lowest BCUT2D eigenvalue weighted by Crippen LogP contribution is -2.28. The number of H-pyrrole nitrogens is 1. The number of thioether (sulfide) groups is 1. The maximum Gasteiger partial charge on any atom is 0.417 e. The Kier molecular flexibility index (Phi) is 4.18. The van der Waals surface area contributed by atoms with Crippen LogP contribution in [0.2, 0.25) is 5.02 Å². The van der Waals surface area contributed by atoms with Gasteiger partial charge in [0.15, 0.2) is 0 Å². The lowest BCUT2D eigenvalue weighted by molar-refractivity contribution is -0.137. The minimum Gasteiger partial charge on any atom is -0.362 e. The summed E-state index contributed by atoms with van der Waals surface area (Å²) in [5.74, 6) is -0.685. The number of carbonyl (C=O) groups is 2. The molecule has 1 saturated heterocycles. The smallest absolute Gasteiger partial charge is 0.362 e. The Bertz CT molecular complexity index is 847. The number of amides is 2. The van der Waals surface area contributed by atoms with Crippen LogP contribution in [0.25, 0.3) is 6.08 Å². The topological polar surface area (TPSA) is 53.2 Å². The number of benzene rings is 1. The van der Waals surface area contributed by atoms with Crippen molar-refractivity contribution in [2.45, 2.75) is 6.18 Å². The number of nitrogens with zero attached hydrogens (tertiary/aromatic N) is 1. The lowest BCUT2D eigenvalue weighted by Gasteiger charge is -2.16. The van der Waals surface area contributed by atoms with Gasteiger partial charge in [0.2, 0.25) is 0 Å². The molecule has 2 aromatic rings. The predicted octanol–water partition coefficient (Wildman–Crippen LogP) is 4.93. The second-order valence-corrected chi connectivity index (χ2v) is 6.20. The van der Waals surface area contributed by atoms with E-state index < -0.39 is 27.9 Å². The molecule has 1 N–H and O–H groups in total. The van der Waals surface area contributed by atoms with Crippen LogP contribution in [0.5, 0.6) is 0 Å². The van der Waals surface area contributed by atoms with Gasteiger partial charge in [-0.25, -0.2) is 4.90 Å². The molecule has 0 unspecified atom stereocenters. The normalized spacial score (nSPS) is 17.2. The zero-order valence-electron chi connectivity index (χ0n) is 11.7. The van der Waals surface area contributed by atoms with E-state index in [1.54, 1.807) is 18.3 Å². The third-order valence-corrected chi connectivity index (χ3v) is 4.42. The van der Waals surface area contributed by atoms with Crippen molar-refractivity contribution in [1.29, 1.82) is 0 Å². The maximum atomic E-state index is 12.9. The first kappa shape index (κ1) is 16.7. The highest BCUT2D eigenvalue weighted by atomic mass is 35.5. The van der Waals surface area contributed by atoms with Crippen molar-refractivity contribution >= 4 is 46.3 Å². The molecule has 124 valence electrons. The molecule has 0 aliphatic carbocycles. The van der Waals surface area contributed by atoms with Crippen molar-refractivity contribution in [2.24, 2.45) is 0 Å². The number of halogens is 4. The van der Waals surface area contributed by atoms with Crippen LogP contribution in [0.1, 0.15) is 11.3 Å². The van der Waals surface area contributed by atoms with Crippen molar-refractivity contribution in [3.63, 3.8) is 0 Å². The van der Waals surface area contributed by atoms with Crippen LogP contribution in [0.3, 0.4) is 0 Å². The minimum absolute atomic E-state index is 0.117. The molecule has 1 aromatic heterocycles. The van der Waals surface area contributed by atoms with Gasteiger partial charge in [-0.1, -0.05) is 11.6 Å². The summed E-state index contributed by atoms with van der Waals surface area (Å²) >= 11 is 6.21. The minimum atomic E-state index is -4.69. The van der Waals surface area contributed by atoms with E-state index in [1.807, 2.05) is 0 Å². The van der Waals surface area contributed by atoms with Crippen LogP contribution in [-0.4, -0.2) is 16.1 Å². The summed E-state index contributed by atoms with van der Waals surface area (Å²) in [5.41, 5.74) is -0.675. The molecule has 1 aliphatic rings. The van der Waals surface area contributed by atoms with Gasteiger partial charge in [-0.3, -0.25) is 9.59 Å². The molecule has 2 heterocycles. The molecule has 1 fully saturated rings. The second kappa shape index (κ2) is 6.03. The molecule has 4 nitrogen and oxygen atoms in total. The fraction of sp³-hybridized carbons (Fsp3) is 0.0667. The number of carbonyl (C=O) groups excluding carboxylic acids is 2. The first-order chi connectivity index (χ1) is 11.3.